The van der Waals surface area contributed by atoms with Crippen molar-refractivity contribution in [2.45, 2.75) is 50.3 Å². The summed E-state index contributed by atoms with van der Waals surface area (Å²) in [5.74, 6) is -0.223. The highest BCUT2D eigenvalue weighted by molar-refractivity contribution is 7.80. The molecule has 0 bridgehead atoms. The molecule has 0 spiro atoms. The van der Waals surface area contributed by atoms with Crippen molar-refractivity contribution in [3.63, 3.8) is 0 Å². The zero-order chi connectivity index (χ0) is 25.2. The lowest BCUT2D eigenvalue weighted by molar-refractivity contribution is -0.380. The number of hydrogen-bond donors (Lipinski definition) is 2. The number of ether oxygens (including phenoxy) is 1. The van der Waals surface area contributed by atoms with Crippen LogP contribution in [0.25, 0.3) is 0 Å². The lowest BCUT2D eigenvalue weighted by atomic mass is 9.89. The van der Waals surface area contributed by atoms with E-state index in [9.17, 15) is 14.9 Å². The zero-order valence-corrected chi connectivity index (χ0v) is 21.3. The second-order valence-electron chi connectivity index (χ2n) is 9.50. The molecule has 0 radical (unpaired) electrons. The number of amides is 1. The second kappa shape index (κ2) is 10.7. The fourth-order valence-corrected chi connectivity index (χ4v) is 5.81. The fraction of sp³-hybridized carbons (Fsp3) is 0.500. The van der Waals surface area contributed by atoms with Crippen LogP contribution in [0.15, 0.2) is 30.3 Å². The molecule has 36 heavy (non-hydrogen) atoms. The number of carbonyl (C=O) groups excluding carboxylic acids is 1. The number of nitrogens with zero attached hydrogens (tertiary/aromatic N) is 3. The third kappa shape index (κ3) is 5.93. The van der Waals surface area contributed by atoms with Gasteiger partial charge in [-0.3, -0.25) is 19.9 Å². The number of likely N-dealkylation sites (tertiary alicyclic amines) is 1. The van der Waals surface area contributed by atoms with Gasteiger partial charge in [-0.15, -0.1) is 0 Å². The van der Waals surface area contributed by atoms with Crippen molar-refractivity contribution < 1.29 is 18.8 Å². The van der Waals surface area contributed by atoms with E-state index >= 15 is 4.39 Å². The van der Waals surface area contributed by atoms with Gasteiger partial charge in [-0.2, -0.15) is 0 Å². The Bertz CT molecular complexity index is 1150. The van der Waals surface area contributed by atoms with Crippen LogP contribution in [0.1, 0.15) is 42.0 Å². The van der Waals surface area contributed by atoms with Crippen LogP contribution < -0.4 is 15.5 Å². The molecule has 1 aliphatic carbocycles. The molecule has 12 heteroatoms. The lowest BCUT2D eigenvalue weighted by Gasteiger charge is -2.32. The van der Waals surface area contributed by atoms with Crippen LogP contribution in [0.2, 0.25) is 0 Å². The zero-order valence-electron chi connectivity index (χ0n) is 19.7. The third-order valence-electron chi connectivity index (χ3n) is 6.81. The van der Waals surface area contributed by atoms with Crippen LogP contribution in [0.3, 0.4) is 0 Å². The van der Waals surface area contributed by atoms with Crippen LogP contribution in [0, 0.1) is 15.9 Å². The Labute approximate surface area is 217 Å². The predicted octanol–water partition coefficient (Wildman–Crippen LogP) is 4.13. The summed E-state index contributed by atoms with van der Waals surface area (Å²) in [5.41, 5.74) is 1.14. The number of rotatable bonds is 8. The average Bonchev–Trinajstić information content (AvgIpc) is 3.39. The predicted molar refractivity (Wildman–Crippen MR) is 139 cm³/mol. The van der Waals surface area contributed by atoms with E-state index in [-0.39, 0.29) is 27.8 Å². The number of benzene rings is 1. The maximum atomic E-state index is 15.1. The van der Waals surface area contributed by atoms with Crippen LogP contribution >= 0.6 is 23.6 Å². The van der Waals surface area contributed by atoms with Crippen molar-refractivity contribution in [3.8, 4) is 0 Å². The Hall–Kier alpha value is -2.83. The summed E-state index contributed by atoms with van der Waals surface area (Å²) in [5, 5.41) is 17.9. The molecule has 2 aromatic rings. The van der Waals surface area contributed by atoms with Gasteiger partial charge in [-0.25, -0.2) is 9.18 Å². The topological polar surface area (TPSA) is 100.0 Å². The largest absolute Gasteiger partial charge is 0.442 e. The number of nitro groups is 1. The van der Waals surface area contributed by atoms with E-state index in [1.807, 2.05) is 0 Å². The van der Waals surface area contributed by atoms with Crippen LogP contribution in [0.5, 0.6) is 0 Å². The van der Waals surface area contributed by atoms with Gasteiger partial charge in [0.05, 0.1) is 23.7 Å². The van der Waals surface area contributed by atoms with Gasteiger partial charge < -0.3 is 15.4 Å². The number of anilines is 1. The molecule has 3 aliphatic rings. The van der Waals surface area contributed by atoms with Gasteiger partial charge in [0.2, 0.25) is 0 Å². The monoisotopic (exact) mass is 533 g/mol. The quantitative estimate of drug-likeness (QED) is 0.297. The van der Waals surface area contributed by atoms with Crippen molar-refractivity contribution in [2.24, 2.45) is 0 Å². The van der Waals surface area contributed by atoms with Gasteiger partial charge in [0, 0.05) is 23.5 Å². The highest BCUT2D eigenvalue weighted by Crippen LogP contribution is 2.34. The van der Waals surface area contributed by atoms with Crippen molar-refractivity contribution in [1.29, 1.82) is 0 Å². The van der Waals surface area contributed by atoms with Crippen molar-refractivity contribution >= 4 is 45.4 Å². The van der Waals surface area contributed by atoms with Gasteiger partial charge in [0.15, 0.2) is 5.11 Å². The maximum Gasteiger partial charge on any atom is 0.414 e. The summed E-state index contributed by atoms with van der Waals surface area (Å²) in [6, 6.07) is 8.78. The van der Waals surface area contributed by atoms with E-state index in [4.69, 9.17) is 17.0 Å². The van der Waals surface area contributed by atoms with Crippen LogP contribution in [0.4, 0.5) is 19.9 Å². The molecular formula is C24H28FN5O4S2. The molecule has 1 saturated carbocycles. The van der Waals surface area contributed by atoms with Gasteiger partial charge in [0.1, 0.15) is 11.9 Å². The number of halogens is 1. The number of thiocarbonyl (C=S) groups is 1. The average molecular weight is 534 g/mol. The minimum atomic E-state index is -0.489. The van der Waals surface area contributed by atoms with Crippen molar-refractivity contribution in [2.75, 3.05) is 31.1 Å². The summed E-state index contributed by atoms with van der Waals surface area (Å²) in [7, 11) is 0. The summed E-state index contributed by atoms with van der Waals surface area (Å²) in [6.45, 7) is 2.99. The highest BCUT2D eigenvalue weighted by atomic mass is 32.1. The van der Waals surface area contributed by atoms with E-state index in [2.05, 4.69) is 15.5 Å². The molecule has 1 unspecified atom stereocenters. The summed E-state index contributed by atoms with van der Waals surface area (Å²) in [4.78, 5) is 27.6. The standard InChI is InChI=1S/C24H28FN5O4S2/c25-21-11-17(29-13-18(34-24(29)31)12-26-23(35)27-16-1-2-16)3-5-20(21)15-7-9-28(10-8-15)14-19-4-6-22(36-19)30(32)33/h3-6,11,15-16,18H,1-2,7-10,12-14H2,(H2,26,27,35). The Morgan fingerprint density at radius 1 is 1.22 bits per heavy atom. The fourth-order valence-electron chi connectivity index (χ4n) is 4.70. The van der Waals surface area contributed by atoms with Crippen molar-refractivity contribution in [1.82, 2.24) is 15.5 Å². The molecule has 2 saturated heterocycles. The second-order valence-corrected chi connectivity index (χ2v) is 11.1. The highest BCUT2D eigenvalue weighted by Gasteiger charge is 2.33. The van der Waals surface area contributed by atoms with Gasteiger partial charge in [-0.05, 0) is 80.7 Å². The number of piperidine rings is 1. The summed E-state index contributed by atoms with van der Waals surface area (Å²) in [6.07, 6.45) is 2.99. The first-order valence-electron chi connectivity index (χ1n) is 12.1. The normalized spacial score (nSPS) is 20.9. The SMILES string of the molecule is O=C1OC(CNC(=S)NC2CC2)CN1c1ccc(C2CCN(Cc3ccc([N+](=O)[O-])s3)CC2)c(F)c1. The van der Waals surface area contributed by atoms with Crippen LogP contribution in [-0.4, -0.2) is 59.4 Å². The number of carbonyl (C=O) groups is 1. The first kappa shape index (κ1) is 24.8. The van der Waals surface area contributed by atoms with Gasteiger partial charge in [0.25, 0.3) is 0 Å². The minimum Gasteiger partial charge on any atom is -0.442 e. The molecular weight excluding hydrogens is 505 g/mol. The molecule has 1 atom stereocenters. The summed E-state index contributed by atoms with van der Waals surface area (Å²) < 4.78 is 20.6. The van der Waals surface area contributed by atoms with Crippen LogP contribution in [-0.2, 0) is 11.3 Å². The maximum absolute atomic E-state index is 15.1. The lowest BCUT2D eigenvalue weighted by Crippen LogP contribution is -2.41. The molecule has 1 amide bonds. The molecule has 5 rings (SSSR count). The molecule has 1 aromatic carbocycles. The van der Waals surface area contributed by atoms with Gasteiger partial charge in [-0.1, -0.05) is 17.4 Å². The number of thiophene rings is 1. The molecule has 2 aliphatic heterocycles. The third-order valence-corrected chi connectivity index (χ3v) is 8.09. The van der Waals surface area contributed by atoms with E-state index in [0.717, 1.165) is 43.6 Å². The Morgan fingerprint density at radius 3 is 2.67 bits per heavy atom. The number of nitrogens with one attached hydrogen (secondary N) is 2. The number of hydrogen-bond acceptors (Lipinski definition) is 7. The smallest absolute Gasteiger partial charge is 0.414 e. The molecule has 9 nitrogen and oxygen atoms in total. The Balaban J connectivity index is 1.13. The van der Waals surface area contributed by atoms with Crippen molar-refractivity contribution in [3.05, 3.63) is 56.7 Å². The first-order valence-corrected chi connectivity index (χ1v) is 13.4. The van der Waals surface area contributed by atoms with E-state index in [0.29, 0.717) is 42.0 Å². The summed E-state index contributed by atoms with van der Waals surface area (Å²) >= 11 is 6.45. The minimum absolute atomic E-state index is 0.0930. The van der Waals surface area contributed by atoms with Gasteiger partial charge >= 0.3 is 11.1 Å². The molecule has 2 N–H and O–H groups in total. The van der Waals surface area contributed by atoms with E-state index < -0.39 is 6.09 Å². The first-order chi connectivity index (χ1) is 17.4. The van der Waals surface area contributed by atoms with E-state index in [1.54, 1.807) is 24.3 Å². The molecule has 1 aromatic heterocycles. The number of cyclic esters (lactones) is 1. The molecule has 3 fully saturated rings. The van der Waals surface area contributed by atoms with E-state index in [1.165, 1.54) is 22.3 Å². The Kier molecular flexibility index (Phi) is 7.35. The molecule has 3 heterocycles. The molecule has 192 valence electrons. The Morgan fingerprint density at radius 2 is 2.00 bits per heavy atom.